The summed E-state index contributed by atoms with van der Waals surface area (Å²) < 4.78 is 22.7. The second-order valence-electron chi connectivity index (χ2n) is 6.65. The van der Waals surface area contributed by atoms with Crippen molar-refractivity contribution in [2.75, 3.05) is 18.0 Å². The van der Waals surface area contributed by atoms with Crippen molar-refractivity contribution in [3.8, 4) is 11.4 Å². The maximum Gasteiger partial charge on any atom is 0.266 e. The first-order chi connectivity index (χ1) is 13.1. The molecule has 1 saturated heterocycles. The van der Waals surface area contributed by atoms with Gasteiger partial charge in [0.1, 0.15) is 6.33 Å². The molecule has 27 heavy (non-hydrogen) atoms. The molecule has 1 atom stereocenters. The number of imidazole rings is 1. The van der Waals surface area contributed by atoms with Crippen LogP contribution in [-0.2, 0) is 12.7 Å². The SMILES string of the molecule is Cn1cnc2c(N3CCC(F)(c4nc(-c5ccccc5)no4)C3)ncnc21. The highest BCUT2D eigenvalue weighted by Gasteiger charge is 2.46. The van der Waals surface area contributed by atoms with Gasteiger partial charge in [-0.2, -0.15) is 4.98 Å². The molecule has 0 saturated carbocycles. The summed E-state index contributed by atoms with van der Waals surface area (Å²) in [6.45, 7) is 0.550. The summed E-state index contributed by atoms with van der Waals surface area (Å²) in [4.78, 5) is 19.0. The molecule has 1 aliphatic heterocycles. The summed E-state index contributed by atoms with van der Waals surface area (Å²) in [5, 5.41) is 3.94. The Hall–Kier alpha value is -3.36. The second-order valence-corrected chi connectivity index (χ2v) is 6.65. The minimum Gasteiger partial charge on any atom is -0.351 e. The van der Waals surface area contributed by atoms with Crippen molar-refractivity contribution in [1.82, 2.24) is 29.7 Å². The van der Waals surface area contributed by atoms with Crippen LogP contribution >= 0.6 is 0 Å². The number of rotatable bonds is 3. The molecule has 136 valence electrons. The van der Waals surface area contributed by atoms with Gasteiger partial charge in [0.05, 0.1) is 12.9 Å². The van der Waals surface area contributed by atoms with E-state index in [9.17, 15) is 0 Å². The molecule has 1 unspecified atom stereocenters. The lowest BCUT2D eigenvalue weighted by molar-refractivity contribution is 0.136. The van der Waals surface area contributed by atoms with E-state index >= 15 is 4.39 Å². The van der Waals surface area contributed by atoms with Gasteiger partial charge in [0.25, 0.3) is 5.89 Å². The summed E-state index contributed by atoms with van der Waals surface area (Å²) in [6, 6.07) is 9.37. The fourth-order valence-corrected chi connectivity index (χ4v) is 3.40. The Morgan fingerprint density at radius 2 is 2.00 bits per heavy atom. The number of alkyl halides is 1. The van der Waals surface area contributed by atoms with E-state index < -0.39 is 5.67 Å². The first kappa shape index (κ1) is 15.9. The summed E-state index contributed by atoms with van der Waals surface area (Å²) in [7, 11) is 1.86. The molecule has 9 heteroatoms. The fraction of sp³-hybridized carbons (Fsp3) is 0.278. The Morgan fingerprint density at radius 1 is 1.15 bits per heavy atom. The van der Waals surface area contributed by atoms with Crippen LogP contribution < -0.4 is 4.90 Å². The molecule has 1 aliphatic rings. The minimum atomic E-state index is -1.73. The van der Waals surface area contributed by atoms with Gasteiger partial charge in [-0.1, -0.05) is 35.5 Å². The van der Waals surface area contributed by atoms with Crippen LogP contribution in [0.1, 0.15) is 12.3 Å². The molecule has 0 spiro atoms. The zero-order valence-electron chi connectivity index (χ0n) is 14.6. The van der Waals surface area contributed by atoms with Gasteiger partial charge in [0.15, 0.2) is 17.0 Å². The van der Waals surface area contributed by atoms with Crippen molar-refractivity contribution >= 4 is 17.0 Å². The normalized spacial score (nSPS) is 19.9. The van der Waals surface area contributed by atoms with Gasteiger partial charge in [0, 0.05) is 25.6 Å². The molecule has 3 aromatic heterocycles. The number of aromatic nitrogens is 6. The molecule has 0 aliphatic carbocycles. The fourth-order valence-electron chi connectivity index (χ4n) is 3.40. The highest BCUT2D eigenvalue weighted by Crippen LogP contribution is 2.38. The predicted octanol–water partition coefficient (Wildman–Crippen LogP) is 2.49. The molecule has 1 fully saturated rings. The van der Waals surface area contributed by atoms with Crippen molar-refractivity contribution in [3.05, 3.63) is 48.9 Å². The van der Waals surface area contributed by atoms with Crippen molar-refractivity contribution in [2.45, 2.75) is 12.1 Å². The van der Waals surface area contributed by atoms with E-state index in [4.69, 9.17) is 4.52 Å². The molecule has 4 aromatic rings. The van der Waals surface area contributed by atoms with E-state index in [1.54, 1.807) is 6.33 Å². The smallest absolute Gasteiger partial charge is 0.266 e. The lowest BCUT2D eigenvalue weighted by Gasteiger charge is -2.18. The van der Waals surface area contributed by atoms with Crippen molar-refractivity contribution in [2.24, 2.45) is 7.05 Å². The maximum atomic E-state index is 15.6. The average Bonchev–Trinajstić information content (AvgIpc) is 3.42. The zero-order valence-corrected chi connectivity index (χ0v) is 14.6. The van der Waals surface area contributed by atoms with Gasteiger partial charge in [0.2, 0.25) is 11.5 Å². The van der Waals surface area contributed by atoms with Gasteiger partial charge >= 0.3 is 0 Å². The number of hydrogen-bond donors (Lipinski definition) is 0. The van der Waals surface area contributed by atoms with E-state index in [1.165, 1.54) is 6.33 Å². The zero-order chi connectivity index (χ0) is 18.4. The highest BCUT2D eigenvalue weighted by atomic mass is 19.1. The summed E-state index contributed by atoms with van der Waals surface area (Å²) in [6.07, 6.45) is 3.38. The predicted molar refractivity (Wildman–Crippen MR) is 95.7 cm³/mol. The topological polar surface area (TPSA) is 85.8 Å². The Bertz CT molecular complexity index is 1110. The summed E-state index contributed by atoms with van der Waals surface area (Å²) in [5.41, 5.74) is 0.420. The molecule has 0 radical (unpaired) electrons. The molecular weight excluding hydrogens is 349 g/mol. The van der Waals surface area contributed by atoms with Crippen LogP contribution in [0.5, 0.6) is 0 Å². The van der Waals surface area contributed by atoms with E-state index in [-0.39, 0.29) is 18.9 Å². The number of fused-ring (bicyclic) bond motifs is 1. The number of hydrogen-bond acceptors (Lipinski definition) is 7. The van der Waals surface area contributed by atoms with Crippen LogP contribution in [0, 0.1) is 0 Å². The number of nitrogens with zero attached hydrogens (tertiary/aromatic N) is 7. The lowest BCUT2D eigenvalue weighted by Crippen LogP contribution is -2.28. The number of halogens is 1. The monoisotopic (exact) mass is 365 g/mol. The van der Waals surface area contributed by atoms with E-state index in [0.29, 0.717) is 29.4 Å². The van der Waals surface area contributed by atoms with Crippen LogP contribution in [-0.4, -0.2) is 42.7 Å². The molecule has 1 aromatic carbocycles. The number of anilines is 1. The van der Waals surface area contributed by atoms with Crippen molar-refractivity contribution in [1.29, 1.82) is 0 Å². The summed E-state index contributed by atoms with van der Waals surface area (Å²) in [5.74, 6) is 0.994. The third kappa shape index (κ3) is 2.54. The molecule has 0 amide bonds. The minimum absolute atomic E-state index is 0.00447. The molecule has 8 nitrogen and oxygen atoms in total. The average molecular weight is 365 g/mol. The maximum absolute atomic E-state index is 15.6. The van der Waals surface area contributed by atoms with Crippen LogP contribution in [0.25, 0.3) is 22.6 Å². The van der Waals surface area contributed by atoms with Crippen LogP contribution in [0.2, 0.25) is 0 Å². The standard InChI is InChI=1S/C18H16FN7O/c1-25-11-22-13-15(25)20-10-21-16(13)26-8-7-18(19,9-26)17-23-14(24-27-17)12-5-3-2-4-6-12/h2-6,10-11H,7-9H2,1H3. The second kappa shape index (κ2) is 5.83. The van der Waals surface area contributed by atoms with E-state index in [2.05, 4.69) is 25.1 Å². The van der Waals surface area contributed by atoms with Gasteiger partial charge < -0.3 is 14.0 Å². The first-order valence-electron chi connectivity index (χ1n) is 8.59. The van der Waals surface area contributed by atoms with Crippen LogP contribution in [0.3, 0.4) is 0 Å². The van der Waals surface area contributed by atoms with Crippen molar-refractivity contribution in [3.63, 3.8) is 0 Å². The lowest BCUT2D eigenvalue weighted by atomic mass is 10.1. The summed E-state index contributed by atoms with van der Waals surface area (Å²) >= 11 is 0. The van der Waals surface area contributed by atoms with Gasteiger partial charge in [-0.05, 0) is 0 Å². The highest BCUT2D eigenvalue weighted by molar-refractivity contribution is 5.83. The van der Waals surface area contributed by atoms with Crippen molar-refractivity contribution < 1.29 is 8.91 Å². The molecule has 4 heterocycles. The molecular formula is C18H16FN7O. The Balaban J connectivity index is 1.45. The Morgan fingerprint density at radius 3 is 2.85 bits per heavy atom. The van der Waals surface area contributed by atoms with Crippen LogP contribution in [0.15, 0.2) is 47.5 Å². The van der Waals surface area contributed by atoms with Crippen LogP contribution in [0.4, 0.5) is 10.2 Å². The number of aryl methyl sites for hydroxylation is 1. The Kier molecular flexibility index (Phi) is 3.43. The van der Waals surface area contributed by atoms with E-state index in [0.717, 1.165) is 5.56 Å². The first-order valence-corrected chi connectivity index (χ1v) is 8.59. The third-order valence-electron chi connectivity index (χ3n) is 4.84. The third-order valence-corrected chi connectivity index (χ3v) is 4.84. The number of benzene rings is 1. The quantitative estimate of drug-likeness (QED) is 0.551. The largest absolute Gasteiger partial charge is 0.351 e. The Labute approximate surface area is 153 Å². The van der Waals surface area contributed by atoms with E-state index in [1.807, 2.05) is 46.8 Å². The van der Waals surface area contributed by atoms with Gasteiger partial charge in [-0.15, -0.1) is 0 Å². The molecule has 0 N–H and O–H groups in total. The van der Waals surface area contributed by atoms with Gasteiger partial charge in [-0.25, -0.2) is 19.3 Å². The molecule has 0 bridgehead atoms. The van der Waals surface area contributed by atoms with Gasteiger partial charge in [-0.3, -0.25) is 0 Å². The molecule has 5 rings (SSSR count).